The van der Waals surface area contributed by atoms with Gasteiger partial charge in [-0.25, -0.2) is 4.98 Å². The molecule has 2 rings (SSSR count). The zero-order valence-corrected chi connectivity index (χ0v) is 10.8. The Bertz CT molecular complexity index is 550. The first-order valence-corrected chi connectivity index (χ1v) is 6.15. The maximum atomic E-state index is 11.9. The van der Waals surface area contributed by atoms with Crippen LogP contribution in [0, 0.1) is 6.92 Å². The summed E-state index contributed by atoms with van der Waals surface area (Å²) < 4.78 is 0. The number of nitrogens with zero attached hydrogens (tertiary/aromatic N) is 2. The van der Waals surface area contributed by atoms with E-state index in [1.165, 1.54) is 6.33 Å². The largest absolute Gasteiger partial charge is 0.399 e. The number of hydrogen-bond acceptors (Lipinski definition) is 4. The zero-order valence-electron chi connectivity index (χ0n) is 10.8. The third kappa shape index (κ3) is 3.54. The molecule has 2 aromatic rings. The van der Waals surface area contributed by atoms with Crippen LogP contribution in [0.3, 0.4) is 0 Å². The van der Waals surface area contributed by atoms with Crippen LogP contribution in [0.2, 0.25) is 0 Å². The van der Waals surface area contributed by atoms with Crippen LogP contribution in [-0.2, 0) is 6.42 Å². The van der Waals surface area contributed by atoms with Crippen molar-refractivity contribution in [2.75, 3.05) is 12.3 Å². The normalized spacial score (nSPS) is 10.4. The van der Waals surface area contributed by atoms with Crippen LogP contribution >= 0.6 is 0 Å². The van der Waals surface area contributed by atoms with Gasteiger partial charge in [-0.2, -0.15) is 5.10 Å². The molecule has 0 atom stereocenters. The fraction of sp³-hybridized carbons (Fsp3) is 0.308. The minimum Gasteiger partial charge on any atom is -0.399 e. The molecule has 0 spiro atoms. The van der Waals surface area contributed by atoms with E-state index in [1.807, 2.05) is 6.92 Å². The minimum atomic E-state index is -0.0827. The Labute approximate surface area is 111 Å². The average Bonchev–Trinajstić information content (AvgIpc) is 2.91. The van der Waals surface area contributed by atoms with Gasteiger partial charge < -0.3 is 11.1 Å². The molecule has 1 aromatic carbocycles. The molecule has 4 N–H and O–H groups in total. The van der Waals surface area contributed by atoms with Crippen molar-refractivity contribution in [3.05, 3.63) is 41.5 Å². The standard InChI is InChI=1S/C13H17N5O/c1-9-7-10(4-5-11(9)14)13(19)15-6-2-3-12-16-8-17-18-12/h4-5,7-8H,2-3,6,14H2,1H3,(H,15,19)(H,16,17,18). The van der Waals surface area contributed by atoms with E-state index < -0.39 is 0 Å². The Morgan fingerprint density at radius 1 is 1.47 bits per heavy atom. The fourth-order valence-electron chi connectivity index (χ4n) is 1.73. The number of carbonyl (C=O) groups is 1. The van der Waals surface area contributed by atoms with E-state index in [2.05, 4.69) is 20.5 Å². The molecule has 6 nitrogen and oxygen atoms in total. The number of aromatic nitrogens is 3. The molecular formula is C13H17N5O. The molecule has 1 aromatic heterocycles. The maximum Gasteiger partial charge on any atom is 0.251 e. The number of nitrogen functional groups attached to an aromatic ring is 1. The summed E-state index contributed by atoms with van der Waals surface area (Å²) in [6.07, 6.45) is 3.06. The summed E-state index contributed by atoms with van der Waals surface area (Å²) in [5.74, 6) is 0.748. The quantitative estimate of drug-likeness (QED) is 0.552. The van der Waals surface area contributed by atoms with Crippen molar-refractivity contribution >= 4 is 11.6 Å². The second-order valence-electron chi connectivity index (χ2n) is 4.36. The molecule has 0 aliphatic heterocycles. The number of nitrogens with one attached hydrogen (secondary N) is 2. The topological polar surface area (TPSA) is 96.7 Å². The lowest BCUT2D eigenvalue weighted by Crippen LogP contribution is -2.25. The number of carbonyl (C=O) groups excluding carboxylic acids is 1. The average molecular weight is 259 g/mol. The summed E-state index contributed by atoms with van der Waals surface area (Å²) in [7, 11) is 0. The van der Waals surface area contributed by atoms with Crippen LogP contribution in [0.15, 0.2) is 24.5 Å². The van der Waals surface area contributed by atoms with Crippen molar-refractivity contribution in [2.24, 2.45) is 0 Å². The van der Waals surface area contributed by atoms with E-state index >= 15 is 0 Å². The first-order valence-electron chi connectivity index (χ1n) is 6.15. The molecule has 100 valence electrons. The van der Waals surface area contributed by atoms with E-state index in [-0.39, 0.29) is 5.91 Å². The monoisotopic (exact) mass is 259 g/mol. The predicted molar refractivity (Wildman–Crippen MR) is 72.6 cm³/mol. The number of aryl methyl sites for hydroxylation is 2. The SMILES string of the molecule is Cc1cc(C(=O)NCCCc2ncn[nH]2)ccc1N. The van der Waals surface area contributed by atoms with Crippen molar-refractivity contribution in [3.63, 3.8) is 0 Å². The van der Waals surface area contributed by atoms with Gasteiger partial charge in [0.15, 0.2) is 0 Å². The summed E-state index contributed by atoms with van der Waals surface area (Å²) in [5, 5.41) is 9.42. The molecule has 0 radical (unpaired) electrons. The van der Waals surface area contributed by atoms with Gasteiger partial charge in [0.1, 0.15) is 12.2 Å². The Morgan fingerprint density at radius 2 is 2.32 bits per heavy atom. The van der Waals surface area contributed by atoms with Gasteiger partial charge in [-0.05, 0) is 37.1 Å². The van der Waals surface area contributed by atoms with Gasteiger partial charge in [0, 0.05) is 24.2 Å². The Kier molecular flexibility index (Phi) is 4.12. The molecule has 0 fully saturated rings. The van der Waals surface area contributed by atoms with Gasteiger partial charge in [0.25, 0.3) is 5.91 Å². The Morgan fingerprint density at radius 3 is 3.00 bits per heavy atom. The van der Waals surface area contributed by atoms with Crippen molar-refractivity contribution in [1.29, 1.82) is 0 Å². The molecule has 19 heavy (non-hydrogen) atoms. The number of hydrogen-bond donors (Lipinski definition) is 3. The second-order valence-corrected chi connectivity index (χ2v) is 4.36. The third-order valence-electron chi connectivity index (χ3n) is 2.87. The van der Waals surface area contributed by atoms with Gasteiger partial charge >= 0.3 is 0 Å². The molecule has 0 unspecified atom stereocenters. The van der Waals surface area contributed by atoms with E-state index in [9.17, 15) is 4.79 Å². The molecule has 0 aliphatic rings. The zero-order chi connectivity index (χ0) is 13.7. The summed E-state index contributed by atoms with van der Waals surface area (Å²) >= 11 is 0. The summed E-state index contributed by atoms with van der Waals surface area (Å²) in [5.41, 5.74) is 7.96. The van der Waals surface area contributed by atoms with E-state index in [4.69, 9.17) is 5.73 Å². The van der Waals surface area contributed by atoms with Crippen LogP contribution in [0.4, 0.5) is 5.69 Å². The van der Waals surface area contributed by atoms with Crippen LogP contribution in [0.25, 0.3) is 0 Å². The van der Waals surface area contributed by atoms with Crippen LogP contribution in [-0.4, -0.2) is 27.6 Å². The fourth-order valence-corrected chi connectivity index (χ4v) is 1.73. The first kappa shape index (κ1) is 13.1. The molecular weight excluding hydrogens is 242 g/mol. The van der Waals surface area contributed by atoms with E-state index in [0.29, 0.717) is 17.8 Å². The third-order valence-corrected chi connectivity index (χ3v) is 2.87. The Hall–Kier alpha value is -2.37. The number of amides is 1. The summed E-state index contributed by atoms with van der Waals surface area (Å²) in [6.45, 7) is 2.49. The van der Waals surface area contributed by atoms with Crippen LogP contribution in [0.5, 0.6) is 0 Å². The van der Waals surface area contributed by atoms with Crippen molar-refractivity contribution in [3.8, 4) is 0 Å². The molecule has 0 saturated carbocycles. The van der Waals surface area contributed by atoms with Gasteiger partial charge in [0.2, 0.25) is 0 Å². The van der Waals surface area contributed by atoms with Gasteiger partial charge in [0.05, 0.1) is 0 Å². The number of nitrogens with two attached hydrogens (primary N) is 1. The summed E-state index contributed by atoms with van der Waals surface area (Å²) in [4.78, 5) is 15.9. The smallest absolute Gasteiger partial charge is 0.251 e. The first-order chi connectivity index (χ1) is 9.16. The van der Waals surface area contributed by atoms with Gasteiger partial charge in [-0.3, -0.25) is 9.89 Å². The van der Waals surface area contributed by atoms with Gasteiger partial charge in [-0.1, -0.05) is 0 Å². The predicted octanol–water partition coefficient (Wildman–Crippen LogP) is 1.06. The second kappa shape index (κ2) is 5.99. The Balaban J connectivity index is 1.79. The van der Waals surface area contributed by atoms with Crippen molar-refractivity contribution in [2.45, 2.75) is 19.8 Å². The van der Waals surface area contributed by atoms with Gasteiger partial charge in [-0.15, -0.1) is 0 Å². The summed E-state index contributed by atoms with van der Waals surface area (Å²) in [6, 6.07) is 5.27. The number of benzene rings is 1. The highest BCUT2D eigenvalue weighted by Gasteiger charge is 2.06. The maximum absolute atomic E-state index is 11.9. The number of aromatic amines is 1. The van der Waals surface area contributed by atoms with Crippen molar-refractivity contribution in [1.82, 2.24) is 20.5 Å². The highest BCUT2D eigenvalue weighted by molar-refractivity contribution is 5.94. The molecule has 6 heteroatoms. The van der Waals surface area contributed by atoms with Crippen LogP contribution < -0.4 is 11.1 Å². The lowest BCUT2D eigenvalue weighted by molar-refractivity contribution is 0.0953. The molecule has 0 aliphatic carbocycles. The lowest BCUT2D eigenvalue weighted by atomic mass is 10.1. The molecule has 1 heterocycles. The van der Waals surface area contributed by atoms with Crippen LogP contribution in [0.1, 0.15) is 28.2 Å². The van der Waals surface area contributed by atoms with Crippen molar-refractivity contribution < 1.29 is 4.79 Å². The number of rotatable bonds is 5. The lowest BCUT2D eigenvalue weighted by Gasteiger charge is -2.06. The molecule has 1 amide bonds. The number of anilines is 1. The van der Waals surface area contributed by atoms with E-state index in [1.54, 1.807) is 18.2 Å². The highest BCUT2D eigenvalue weighted by Crippen LogP contribution is 2.12. The minimum absolute atomic E-state index is 0.0827. The van der Waals surface area contributed by atoms with E-state index in [0.717, 1.165) is 24.2 Å². The highest BCUT2D eigenvalue weighted by atomic mass is 16.1. The molecule has 0 bridgehead atoms. The number of H-pyrrole nitrogens is 1. The molecule has 0 saturated heterocycles.